The summed E-state index contributed by atoms with van der Waals surface area (Å²) in [4.78, 5) is 12.6. The molecule has 0 unspecified atom stereocenters. The average molecular weight is 481 g/mol. The third-order valence-electron chi connectivity index (χ3n) is 4.36. The first-order valence-electron chi connectivity index (χ1n) is 9.45. The first-order valence-corrected chi connectivity index (χ1v) is 12.7. The molecule has 1 N–H and O–H groups in total. The monoisotopic (exact) mass is 480 g/mol. The van der Waals surface area contributed by atoms with Crippen LogP contribution in [0, 0.1) is 5.82 Å². The van der Waals surface area contributed by atoms with Gasteiger partial charge in [0.05, 0.1) is 4.90 Å². The van der Waals surface area contributed by atoms with Gasteiger partial charge in [-0.2, -0.15) is 4.31 Å². The van der Waals surface area contributed by atoms with Gasteiger partial charge in [0.15, 0.2) is 4.34 Å². The van der Waals surface area contributed by atoms with Crippen LogP contribution in [0.1, 0.15) is 29.8 Å². The highest BCUT2D eigenvalue weighted by molar-refractivity contribution is 8.00. The van der Waals surface area contributed by atoms with E-state index < -0.39 is 15.9 Å². The van der Waals surface area contributed by atoms with E-state index >= 15 is 0 Å². The summed E-state index contributed by atoms with van der Waals surface area (Å²) in [5.41, 5.74) is 1.26. The van der Waals surface area contributed by atoms with Gasteiger partial charge in [-0.25, -0.2) is 12.8 Å². The van der Waals surface area contributed by atoms with Crippen molar-refractivity contribution in [3.8, 4) is 0 Å². The second-order valence-corrected chi connectivity index (χ2v) is 10.5. The van der Waals surface area contributed by atoms with Gasteiger partial charge in [-0.05, 0) is 42.0 Å². The van der Waals surface area contributed by atoms with E-state index in [9.17, 15) is 17.6 Å². The molecule has 0 bridgehead atoms. The molecule has 11 heteroatoms. The molecule has 0 spiro atoms. The number of carbonyl (C=O) groups excluding carboxylic acids is 1. The molecule has 1 aromatic heterocycles. The molecule has 2 aromatic carbocycles. The number of sulfonamides is 1. The van der Waals surface area contributed by atoms with E-state index in [1.807, 2.05) is 0 Å². The van der Waals surface area contributed by atoms with Crippen LogP contribution in [0.3, 0.4) is 0 Å². The van der Waals surface area contributed by atoms with Crippen molar-refractivity contribution in [3.05, 3.63) is 65.5 Å². The fraction of sp³-hybridized carbons (Fsp3) is 0.250. The molecule has 0 aliphatic heterocycles. The molecule has 7 nitrogen and oxygen atoms in total. The van der Waals surface area contributed by atoms with Crippen molar-refractivity contribution in [2.45, 2.75) is 28.8 Å². The summed E-state index contributed by atoms with van der Waals surface area (Å²) in [6, 6.07) is 12.0. The van der Waals surface area contributed by atoms with Crippen molar-refractivity contribution < 1.29 is 17.6 Å². The lowest BCUT2D eigenvalue weighted by Gasteiger charge is -2.18. The minimum atomic E-state index is -3.57. The number of nitrogens with zero attached hydrogens (tertiary/aromatic N) is 3. The molecular formula is C20H21FN4O3S3. The lowest BCUT2D eigenvalue weighted by atomic mass is 10.2. The summed E-state index contributed by atoms with van der Waals surface area (Å²) in [6.07, 6.45) is 0. The van der Waals surface area contributed by atoms with E-state index in [4.69, 9.17) is 0 Å². The Balaban J connectivity index is 1.61. The lowest BCUT2D eigenvalue weighted by molar-refractivity contribution is 0.102. The zero-order chi connectivity index (χ0) is 22.4. The van der Waals surface area contributed by atoms with Crippen molar-refractivity contribution in [1.82, 2.24) is 14.5 Å². The Bertz CT molecular complexity index is 1130. The largest absolute Gasteiger partial charge is 0.296 e. The Kier molecular flexibility index (Phi) is 7.76. The highest BCUT2D eigenvalue weighted by atomic mass is 32.2. The Morgan fingerprint density at radius 2 is 1.71 bits per heavy atom. The minimum Gasteiger partial charge on any atom is -0.296 e. The highest BCUT2D eigenvalue weighted by Crippen LogP contribution is 2.28. The van der Waals surface area contributed by atoms with Crippen LogP contribution < -0.4 is 5.32 Å². The highest BCUT2D eigenvalue weighted by Gasteiger charge is 2.21. The molecule has 0 aliphatic carbocycles. The molecule has 0 saturated heterocycles. The van der Waals surface area contributed by atoms with Crippen LogP contribution in [0.15, 0.2) is 57.8 Å². The van der Waals surface area contributed by atoms with Gasteiger partial charge in [0.25, 0.3) is 5.91 Å². The van der Waals surface area contributed by atoms with Crippen molar-refractivity contribution in [3.63, 3.8) is 0 Å². The number of hydrogen-bond donors (Lipinski definition) is 1. The number of aromatic nitrogens is 2. The SMILES string of the molecule is CCN(CC)S(=O)(=O)c1ccc(C(=O)Nc2nnc(SCc3ccc(F)cc3)s2)cc1. The smallest absolute Gasteiger partial charge is 0.257 e. The summed E-state index contributed by atoms with van der Waals surface area (Å²) in [6.45, 7) is 4.30. The maximum absolute atomic E-state index is 13.0. The van der Waals surface area contributed by atoms with E-state index in [1.54, 1.807) is 26.0 Å². The van der Waals surface area contributed by atoms with Crippen LogP contribution in [-0.4, -0.2) is 41.9 Å². The number of benzene rings is 2. The van der Waals surface area contributed by atoms with Gasteiger partial charge < -0.3 is 0 Å². The van der Waals surface area contributed by atoms with Gasteiger partial charge >= 0.3 is 0 Å². The van der Waals surface area contributed by atoms with E-state index in [-0.39, 0.29) is 10.7 Å². The van der Waals surface area contributed by atoms with Gasteiger partial charge in [0, 0.05) is 24.4 Å². The topological polar surface area (TPSA) is 92.3 Å². The number of carbonyl (C=O) groups is 1. The van der Waals surface area contributed by atoms with Gasteiger partial charge in [-0.1, -0.05) is 49.1 Å². The third kappa shape index (κ3) is 5.88. The van der Waals surface area contributed by atoms with Crippen LogP contribution in [-0.2, 0) is 15.8 Å². The van der Waals surface area contributed by atoms with Gasteiger partial charge in [-0.15, -0.1) is 10.2 Å². The fourth-order valence-electron chi connectivity index (χ4n) is 2.70. The number of halogens is 1. The molecule has 1 heterocycles. The molecule has 3 aromatic rings. The molecule has 0 atom stereocenters. The number of anilines is 1. The second-order valence-electron chi connectivity index (χ2n) is 6.36. The quantitative estimate of drug-likeness (QED) is 0.364. The Hall–Kier alpha value is -2.34. The van der Waals surface area contributed by atoms with Crippen LogP contribution in [0.2, 0.25) is 0 Å². The summed E-state index contributed by atoms with van der Waals surface area (Å²) in [5, 5.41) is 11.0. The zero-order valence-electron chi connectivity index (χ0n) is 16.9. The minimum absolute atomic E-state index is 0.142. The van der Waals surface area contributed by atoms with Gasteiger partial charge in [0.2, 0.25) is 15.2 Å². The van der Waals surface area contributed by atoms with Crippen LogP contribution in [0.4, 0.5) is 9.52 Å². The number of thioether (sulfide) groups is 1. The van der Waals surface area contributed by atoms with E-state index in [1.165, 1.54) is 63.8 Å². The lowest BCUT2D eigenvalue weighted by Crippen LogP contribution is -2.30. The molecular weight excluding hydrogens is 459 g/mol. The van der Waals surface area contributed by atoms with Crippen molar-refractivity contribution in [2.24, 2.45) is 0 Å². The van der Waals surface area contributed by atoms with Crippen LogP contribution in [0.5, 0.6) is 0 Å². The molecule has 0 radical (unpaired) electrons. The van der Waals surface area contributed by atoms with Gasteiger partial charge in [-0.3, -0.25) is 10.1 Å². The van der Waals surface area contributed by atoms with Crippen molar-refractivity contribution in [2.75, 3.05) is 18.4 Å². The molecule has 1 amide bonds. The van der Waals surface area contributed by atoms with E-state index in [0.717, 1.165) is 5.56 Å². The summed E-state index contributed by atoms with van der Waals surface area (Å²) in [7, 11) is -3.57. The summed E-state index contributed by atoms with van der Waals surface area (Å²) < 4.78 is 40.1. The maximum Gasteiger partial charge on any atom is 0.257 e. The normalized spacial score (nSPS) is 11.6. The number of amides is 1. The number of hydrogen-bond acceptors (Lipinski definition) is 7. The standard InChI is InChI=1S/C20H21FN4O3S3/c1-3-25(4-2)31(27,28)17-11-7-15(8-12-17)18(26)22-19-23-24-20(30-19)29-13-14-5-9-16(21)10-6-14/h5-12H,3-4,13H2,1-2H3,(H,22,23,26). The second kappa shape index (κ2) is 10.3. The molecule has 0 aliphatic rings. The molecule has 31 heavy (non-hydrogen) atoms. The number of nitrogens with one attached hydrogen (secondary N) is 1. The summed E-state index contributed by atoms with van der Waals surface area (Å²) in [5.74, 6) is -0.0860. The maximum atomic E-state index is 13.0. The fourth-order valence-corrected chi connectivity index (χ4v) is 5.87. The molecule has 164 valence electrons. The zero-order valence-corrected chi connectivity index (χ0v) is 19.4. The Morgan fingerprint density at radius 1 is 1.06 bits per heavy atom. The first kappa shape index (κ1) is 23.3. The van der Waals surface area contributed by atoms with Crippen LogP contribution >= 0.6 is 23.1 Å². The van der Waals surface area contributed by atoms with Gasteiger partial charge in [0.1, 0.15) is 5.82 Å². The third-order valence-corrected chi connectivity index (χ3v) is 8.47. The van der Waals surface area contributed by atoms with E-state index in [0.29, 0.717) is 33.9 Å². The average Bonchev–Trinajstić information content (AvgIpc) is 3.21. The van der Waals surface area contributed by atoms with E-state index in [2.05, 4.69) is 15.5 Å². The predicted octanol–water partition coefficient (Wildman–Crippen LogP) is 4.25. The van der Waals surface area contributed by atoms with Crippen LogP contribution in [0.25, 0.3) is 0 Å². The molecule has 0 fully saturated rings. The molecule has 0 saturated carbocycles. The molecule has 3 rings (SSSR count). The number of rotatable bonds is 9. The van der Waals surface area contributed by atoms with Crippen molar-refractivity contribution >= 4 is 44.2 Å². The Morgan fingerprint density at radius 3 is 2.32 bits per heavy atom. The summed E-state index contributed by atoms with van der Waals surface area (Å²) >= 11 is 2.66. The Labute approximate surface area is 188 Å². The predicted molar refractivity (Wildman–Crippen MR) is 120 cm³/mol. The first-order chi connectivity index (χ1) is 14.8. The van der Waals surface area contributed by atoms with Crippen molar-refractivity contribution in [1.29, 1.82) is 0 Å².